The summed E-state index contributed by atoms with van der Waals surface area (Å²) in [7, 11) is -2.03. The van der Waals surface area contributed by atoms with Crippen LogP contribution in [0.1, 0.15) is 29.6 Å². The van der Waals surface area contributed by atoms with Crippen LogP contribution in [0.3, 0.4) is 0 Å². The van der Waals surface area contributed by atoms with Gasteiger partial charge in [-0.1, -0.05) is 11.6 Å². The fraction of sp³-hybridized carbons (Fsp3) is 0.533. The molecule has 1 aliphatic rings. The van der Waals surface area contributed by atoms with Crippen LogP contribution in [0, 0.1) is 5.92 Å². The Balaban J connectivity index is 2.21. The van der Waals surface area contributed by atoms with Crippen molar-refractivity contribution in [3.8, 4) is 0 Å². The number of benzene rings is 1. The number of carbonyl (C=O) groups is 1. The summed E-state index contributed by atoms with van der Waals surface area (Å²) in [6.07, 6.45) is 2.45. The number of halogens is 1. The molecule has 1 atom stereocenters. The molecule has 0 amide bonds. The van der Waals surface area contributed by atoms with E-state index in [-0.39, 0.29) is 15.5 Å². The molecule has 0 saturated carbocycles. The summed E-state index contributed by atoms with van der Waals surface area (Å²) < 4.78 is 32.0. The molecular formula is C15H20ClNO5S. The number of hydrogen-bond acceptors (Lipinski definition) is 4. The van der Waals surface area contributed by atoms with Gasteiger partial charge in [0.2, 0.25) is 10.0 Å². The number of carboxylic acid groups (broad SMARTS) is 1. The Morgan fingerprint density at radius 2 is 2.13 bits per heavy atom. The second-order valence-electron chi connectivity index (χ2n) is 5.60. The Hall–Kier alpha value is -1.15. The maximum absolute atomic E-state index is 12.7. The third kappa shape index (κ3) is 4.23. The monoisotopic (exact) mass is 361 g/mol. The fourth-order valence-electron chi connectivity index (χ4n) is 2.76. The van der Waals surface area contributed by atoms with Crippen molar-refractivity contribution in [3.63, 3.8) is 0 Å². The van der Waals surface area contributed by atoms with Crippen LogP contribution >= 0.6 is 11.6 Å². The molecule has 6 nitrogen and oxygen atoms in total. The molecule has 0 radical (unpaired) electrons. The Labute approximate surface area is 141 Å². The zero-order valence-corrected chi connectivity index (χ0v) is 14.4. The molecule has 1 aromatic carbocycles. The van der Waals surface area contributed by atoms with Crippen LogP contribution in [0.5, 0.6) is 0 Å². The van der Waals surface area contributed by atoms with E-state index in [1.807, 2.05) is 0 Å². The molecule has 0 aromatic heterocycles. The Morgan fingerprint density at radius 3 is 2.74 bits per heavy atom. The van der Waals surface area contributed by atoms with E-state index in [4.69, 9.17) is 21.4 Å². The Kier molecular flexibility index (Phi) is 6.02. The largest absolute Gasteiger partial charge is 0.478 e. The molecule has 1 heterocycles. The van der Waals surface area contributed by atoms with Gasteiger partial charge in [-0.05, 0) is 43.4 Å². The molecule has 0 bridgehead atoms. The number of nitrogens with zero attached hydrogens (tertiary/aromatic N) is 1. The lowest BCUT2D eigenvalue weighted by Gasteiger charge is -2.20. The normalized spacial score (nSPS) is 20.2. The van der Waals surface area contributed by atoms with E-state index < -0.39 is 16.0 Å². The van der Waals surface area contributed by atoms with E-state index in [0.717, 1.165) is 19.3 Å². The quantitative estimate of drug-likeness (QED) is 0.870. The average molecular weight is 362 g/mol. The highest BCUT2D eigenvalue weighted by Gasteiger charge is 2.28. The molecule has 1 aromatic rings. The van der Waals surface area contributed by atoms with Crippen LogP contribution in [0.25, 0.3) is 0 Å². The Bertz CT molecular complexity index is 676. The maximum atomic E-state index is 12.7. The van der Waals surface area contributed by atoms with Crippen molar-refractivity contribution < 1.29 is 23.1 Å². The van der Waals surface area contributed by atoms with Crippen LogP contribution in [0.15, 0.2) is 23.1 Å². The molecular weight excluding hydrogens is 342 g/mol. The minimum atomic E-state index is -3.67. The van der Waals surface area contributed by atoms with Gasteiger partial charge in [-0.3, -0.25) is 0 Å². The van der Waals surface area contributed by atoms with Crippen molar-refractivity contribution in [2.75, 3.05) is 26.8 Å². The standard InChI is InChI=1S/C15H20ClNO5S/c1-22-10-11-3-2-7-17(8-6-11)23(20,21)12-4-5-13(15(18)19)14(16)9-12/h4-5,9,11H,2-3,6-8,10H2,1H3,(H,18,19). The molecule has 2 rings (SSSR count). The minimum absolute atomic E-state index is 0.0256. The number of ether oxygens (including phenoxy) is 1. The first-order valence-electron chi connectivity index (χ1n) is 7.38. The molecule has 8 heteroatoms. The van der Waals surface area contributed by atoms with Gasteiger partial charge in [-0.25, -0.2) is 13.2 Å². The van der Waals surface area contributed by atoms with Gasteiger partial charge in [-0.2, -0.15) is 4.31 Å². The highest BCUT2D eigenvalue weighted by molar-refractivity contribution is 7.89. The second-order valence-corrected chi connectivity index (χ2v) is 7.95. The van der Waals surface area contributed by atoms with Gasteiger partial charge in [0.15, 0.2) is 0 Å². The predicted octanol–water partition coefficient (Wildman–Crippen LogP) is 2.48. The van der Waals surface area contributed by atoms with Crippen molar-refractivity contribution >= 4 is 27.6 Å². The van der Waals surface area contributed by atoms with Gasteiger partial charge in [-0.15, -0.1) is 0 Å². The lowest BCUT2D eigenvalue weighted by atomic mass is 10.0. The lowest BCUT2D eigenvalue weighted by Crippen LogP contribution is -2.32. The molecule has 1 saturated heterocycles. The minimum Gasteiger partial charge on any atom is -0.478 e. The van der Waals surface area contributed by atoms with Crippen molar-refractivity contribution in [2.45, 2.75) is 24.2 Å². The maximum Gasteiger partial charge on any atom is 0.337 e. The smallest absolute Gasteiger partial charge is 0.337 e. The number of rotatable bonds is 5. The van der Waals surface area contributed by atoms with Gasteiger partial charge in [0.25, 0.3) is 0 Å². The predicted molar refractivity (Wildman–Crippen MR) is 86.4 cm³/mol. The Morgan fingerprint density at radius 1 is 1.39 bits per heavy atom. The van der Waals surface area contributed by atoms with Crippen LogP contribution in [0.4, 0.5) is 0 Å². The van der Waals surface area contributed by atoms with Gasteiger partial charge < -0.3 is 9.84 Å². The molecule has 128 valence electrons. The van der Waals surface area contributed by atoms with Crippen LogP contribution in [-0.4, -0.2) is 50.6 Å². The van der Waals surface area contributed by atoms with Crippen molar-refractivity contribution in [1.29, 1.82) is 0 Å². The van der Waals surface area contributed by atoms with Crippen molar-refractivity contribution in [3.05, 3.63) is 28.8 Å². The number of sulfonamides is 1. The number of carboxylic acids is 1. The molecule has 1 aliphatic heterocycles. The van der Waals surface area contributed by atoms with E-state index in [0.29, 0.717) is 25.6 Å². The zero-order valence-electron chi connectivity index (χ0n) is 12.9. The number of hydrogen-bond donors (Lipinski definition) is 1. The van der Waals surface area contributed by atoms with Crippen LogP contribution in [-0.2, 0) is 14.8 Å². The van der Waals surface area contributed by atoms with E-state index >= 15 is 0 Å². The van der Waals surface area contributed by atoms with E-state index in [1.54, 1.807) is 7.11 Å². The van der Waals surface area contributed by atoms with Gasteiger partial charge >= 0.3 is 5.97 Å². The van der Waals surface area contributed by atoms with Crippen molar-refractivity contribution in [1.82, 2.24) is 4.31 Å². The molecule has 0 aliphatic carbocycles. The van der Waals surface area contributed by atoms with Crippen LogP contribution in [0.2, 0.25) is 5.02 Å². The fourth-order valence-corrected chi connectivity index (χ4v) is 4.61. The SMILES string of the molecule is COCC1CCCN(S(=O)(=O)c2ccc(C(=O)O)c(Cl)c2)CC1. The van der Waals surface area contributed by atoms with Gasteiger partial charge in [0.05, 0.1) is 15.5 Å². The second kappa shape index (κ2) is 7.61. The number of methoxy groups -OCH3 is 1. The third-order valence-corrected chi connectivity index (χ3v) is 6.23. The van der Waals surface area contributed by atoms with Crippen LogP contribution < -0.4 is 0 Å². The van der Waals surface area contributed by atoms with E-state index in [9.17, 15) is 13.2 Å². The summed E-state index contributed by atoms with van der Waals surface area (Å²) in [5.41, 5.74) is -0.110. The van der Waals surface area contributed by atoms with E-state index in [2.05, 4.69) is 0 Å². The first-order chi connectivity index (χ1) is 10.9. The lowest BCUT2D eigenvalue weighted by molar-refractivity contribution is 0.0697. The average Bonchev–Trinajstić information content (AvgIpc) is 2.73. The summed E-state index contributed by atoms with van der Waals surface area (Å²) in [6.45, 7) is 1.50. The van der Waals surface area contributed by atoms with Crippen molar-refractivity contribution in [2.24, 2.45) is 5.92 Å². The number of aromatic carboxylic acids is 1. The summed E-state index contributed by atoms with van der Waals surface area (Å²) in [4.78, 5) is 11.0. The summed E-state index contributed by atoms with van der Waals surface area (Å²) in [5, 5.41) is 8.89. The van der Waals surface area contributed by atoms with Gasteiger partial charge in [0.1, 0.15) is 0 Å². The first-order valence-corrected chi connectivity index (χ1v) is 9.20. The summed E-state index contributed by atoms with van der Waals surface area (Å²) in [5.74, 6) is -0.825. The zero-order chi connectivity index (χ0) is 17.0. The highest BCUT2D eigenvalue weighted by atomic mass is 35.5. The third-order valence-electron chi connectivity index (χ3n) is 4.02. The molecule has 0 spiro atoms. The van der Waals surface area contributed by atoms with E-state index in [1.165, 1.54) is 22.5 Å². The summed E-state index contributed by atoms with van der Waals surface area (Å²) in [6, 6.07) is 3.73. The van der Waals surface area contributed by atoms with Gasteiger partial charge in [0, 0.05) is 26.8 Å². The molecule has 23 heavy (non-hydrogen) atoms. The molecule has 1 fully saturated rings. The molecule has 1 N–H and O–H groups in total. The molecule has 1 unspecified atom stereocenters. The topological polar surface area (TPSA) is 83.9 Å². The first kappa shape index (κ1) is 18.2. The summed E-state index contributed by atoms with van der Waals surface area (Å²) >= 11 is 5.89. The highest BCUT2D eigenvalue weighted by Crippen LogP contribution is 2.26.